The molecule has 3 heterocycles. The van der Waals surface area contributed by atoms with E-state index in [1.807, 2.05) is 47.4 Å². The molecule has 2 atom stereocenters. The monoisotopic (exact) mass is 346 g/mol. The van der Waals surface area contributed by atoms with Crippen LogP contribution in [0.4, 0.5) is 5.82 Å². The second-order valence-corrected chi connectivity index (χ2v) is 6.31. The second-order valence-electron chi connectivity index (χ2n) is 6.31. The molecule has 0 aliphatic carbocycles. The van der Waals surface area contributed by atoms with Crippen LogP contribution in [-0.2, 0) is 0 Å². The summed E-state index contributed by atoms with van der Waals surface area (Å²) >= 11 is 0. The van der Waals surface area contributed by atoms with Crippen molar-refractivity contribution in [1.82, 2.24) is 9.97 Å². The van der Waals surface area contributed by atoms with Crippen molar-refractivity contribution in [1.29, 1.82) is 5.26 Å². The zero-order chi connectivity index (χ0) is 17.9. The molecule has 130 valence electrons. The van der Waals surface area contributed by atoms with Gasteiger partial charge in [0, 0.05) is 37.2 Å². The van der Waals surface area contributed by atoms with Crippen LogP contribution in [0.1, 0.15) is 12.1 Å². The van der Waals surface area contributed by atoms with Crippen molar-refractivity contribution in [3.63, 3.8) is 0 Å². The maximum absolute atomic E-state index is 10.5. The third kappa shape index (κ3) is 3.30. The van der Waals surface area contributed by atoms with E-state index in [1.165, 1.54) is 0 Å². The van der Waals surface area contributed by atoms with Crippen LogP contribution in [0.15, 0.2) is 54.7 Å². The Labute approximate surface area is 151 Å². The fourth-order valence-corrected chi connectivity index (χ4v) is 3.21. The first kappa shape index (κ1) is 16.3. The van der Waals surface area contributed by atoms with Crippen LogP contribution in [0.2, 0.25) is 0 Å². The average Bonchev–Trinajstić information content (AvgIpc) is 2.69. The van der Waals surface area contributed by atoms with Gasteiger partial charge in [0.2, 0.25) is 0 Å². The summed E-state index contributed by atoms with van der Waals surface area (Å²) in [4.78, 5) is 10.6. The highest BCUT2D eigenvalue weighted by atomic mass is 16.5. The molecule has 1 aliphatic heterocycles. The minimum atomic E-state index is -0.643. The first-order valence-electron chi connectivity index (χ1n) is 8.54. The van der Waals surface area contributed by atoms with Crippen molar-refractivity contribution in [3.8, 4) is 11.8 Å². The fourth-order valence-electron chi connectivity index (χ4n) is 3.21. The van der Waals surface area contributed by atoms with Crippen molar-refractivity contribution < 1.29 is 9.84 Å². The van der Waals surface area contributed by atoms with Crippen LogP contribution in [0.5, 0.6) is 5.75 Å². The Hall–Kier alpha value is -3.17. The first-order valence-corrected chi connectivity index (χ1v) is 8.54. The molecule has 0 bridgehead atoms. The number of aliphatic hydroxyl groups is 1. The Bertz CT molecular complexity index is 969. The van der Waals surface area contributed by atoms with Gasteiger partial charge in [0.05, 0.1) is 5.52 Å². The number of piperidine rings is 1. The lowest BCUT2D eigenvalue weighted by Crippen LogP contribution is -2.49. The molecule has 26 heavy (non-hydrogen) atoms. The molecule has 6 heteroatoms. The van der Waals surface area contributed by atoms with Gasteiger partial charge in [-0.05, 0) is 30.3 Å². The highest BCUT2D eigenvalue weighted by Gasteiger charge is 2.30. The number of hydrogen-bond acceptors (Lipinski definition) is 6. The van der Waals surface area contributed by atoms with Gasteiger partial charge in [-0.25, -0.2) is 4.98 Å². The number of benzene rings is 1. The predicted octanol–water partition coefficient (Wildman–Crippen LogP) is 2.52. The molecule has 0 spiro atoms. The molecule has 1 aliphatic rings. The van der Waals surface area contributed by atoms with E-state index < -0.39 is 6.10 Å². The molecule has 2 aromatic heterocycles. The Morgan fingerprint density at radius 3 is 2.96 bits per heavy atom. The summed E-state index contributed by atoms with van der Waals surface area (Å²) in [6, 6.07) is 17.0. The van der Waals surface area contributed by atoms with Gasteiger partial charge in [-0.15, -0.1) is 0 Å². The van der Waals surface area contributed by atoms with E-state index in [1.54, 1.807) is 18.3 Å². The molecule has 0 saturated carbocycles. The molecule has 3 aromatic rings. The molecule has 4 rings (SSSR count). The van der Waals surface area contributed by atoms with Crippen molar-refractivity contribution in [3.05, 3.63) is 60.4 Å². The number of β-amino-alcohol motifs (C(OH)–C–C–N with tert-alkyl or cyclic N) is 1. The highest BCUT2D eigenvalue weighted by Crippen LogP contribution is 2.25. The number of rotatable bonds is 3. The molecule has 0 unspecified atom stereocenters. The first-order chi connectivity index (χ1) is 12.7. The van der Waals surface area contributed by atoms with E-state index in [0.717, 1.165) is 10.9 Å². The Kier molecular flexibility index (Phi) is 4.38. The third-order valence-electron chi connectivity index (χ3n) is 4.56. The summed E-state index contributed by atoms with van der Waals surface area (Å²) in [5.74, 6) is 1.41. The molecule has 1 N–H and O–H groups in total. The SMILES string of the molecule is N#Cc1cccc(N2CC[C@@H](Oc3ccc4cccnc4c3)[C@H](O)C2)n1. The van der Waals surface area contributed by atoms with Gasteiger partial charge < -0.3 is 14.7 Å². The Balaban J connectivity index is 1.45. The van der Waals surface area contributed by atoms with Gasteiger partial charge in [-0.1, -0.05) is 12.1 Å². The lowest BCUT2D eigenvalue weighted by molar-refractivity contribution is 0.0241. The largest absolute Gasteiger partial charge is 0.488 e. The molecule has 1 saturated heterocycles. The normalized spacial score (nSPS) is 19.9. The molecule has 0 radical (unpaired) electrons. The summed E-state index contributed by atoms with van der Waals surface area (Å²) < 4.78 is 6.02. The minimum absolute atomic E-state index is 0.286. The fraction of sp³-hybridized carbons (Fsp3) is 0.250. The summed E-state index contributed by atoms with van der Waals surface area (Å²) in [5, 5.41) is 20.6. The van der Waals surface area contributed by atoms with Crippen molar-refractivity contribution >= 4 is 16.7 Å². The molecule has 1 fully saturated rings. The number of aliphatic hydroxyl groups excluding tert-OH is 1. The van der Waals surface area contributed by atoms with Crippen LogP contribution in [-0.4, -0.2) is 40.4 Å². The number of pyridine rings is 2. The van der Waals surface area contributed by atoms with Gasteiger partial charge in [0.1, 0.15) is 35.5 Å². The molecule has 0 amide bonds. The van der Waals surface area contributed by atoms with E-state index in [4.69, 9.17) is 10.00 Å². The molecular formula is C20H18N4O2. The quantitative estimate of drug-likeness (QED) is 0.785. The maximum atomic E-state index is 10.5. The minimum Gasteiger partial charge on any atom is -0.488 e. The third-order valence-corrected chi connectivity index (χ3v) is 4.56. The van der Waals surface area contributed by atoms with Crippen LogP contribution >= 0.6 is 0 Å². The van der Waals surface area contributed by atoms with Gasteiger partial charge in [-0.3, -0.25) is 4.98 Å². The molecule has 1 aromatic carbocycles. The molecular weight excluding hydrogens is 328 g/mol. The van der Waals surface area contributed by atoms with Gasteiger partial charge in [0.15, 0.2) is 0 Å². The van der Waals surface area contributed by atoms with Crippen LogP contribution in [0.25, 0.3) is 10.9 Å². The number of nitrogens with zero attached hydrogens (tertiary/aromatic N) is 4. The van der Waals surface area contributed by atoms with Gasteiger partial charge in [0.25, 0.3) is 0 Å². The topological polar surface area (TPSA) is 82.3 Å². The van der Waals surface area contributed by atoms with E-state index in [-0.39, 0.29) is 6.10 Å². The van der Waals surface area contributed by atoms with E-state index >= 15 is 0 Å². The average molecular weight is 346 g/mol. The van der Waals surface area contributed by atoms with E-state index in [0.29, 0.717) is 36.8 Å². The number of ether oxygens (including phenoxy) is 1. The summed E-state index contributed by atoms with van der Waals surface area (Å²) in [6.45, 7) is 1.12. The Morgan fingerprint density at radius 2 is 2.12 bits per heavy atom. The Morgan fingerprint density at radius 1 is 1.19 bits per heavy atom. The van der Waals surface area contributed by atoms with E-state index in [9.17, 15) is 5.11 Å². The summed E-state index contributed by atoms with van der Waals surface area (Å²) in [5.41, 5.74) is 1.24. The van der Waals surface area contributed by atoms with Crippen LogP contribution in [0.3, 0.4) is 0 Å². The van der Waals surface area contributed by atoms with Gasteiger partial charge in [-0.2, -0.15) is 5.26 Å². The zero-order valence-corrected chi connectivity index (χ0v) is 14.1. The number of aromatic nitrogens is 2. The predicted molar refractivity (Wildman–Crippen MR) is 97.9 cm³/mol. The smallest absolute Gasteiger partial charge is 0.142 e. The number of fused-ring (bicyclic) bond motifs is 1. The van der Waals surface area contributed by atoms with Crippen LogP contribution in [0, 0.1) is 11.3 Å². The number of hydrogen-bond donors (Lipinski definition) is 1. The zero-order valence-electron chi connectivity index (χ0n) is 14.1. The van der Waals surface area contributed by atoms with Gasteiger partial charge >= 0.3 is 0 Å². The van der Waals surface area contributed by atoms with E-state index in [2.05, 4.69) is 9.97 Å². The summed E-state index contributed by atoms with van der Waals surface area (Å²) in [7, 11) is 0. The molecule has 6 nitrogen and oxygen atoms in total. The second kappa shape index (κ2) is 6.98. The lowest BCUT2D eigenvalue weighted by Gasteiger charge is -2.36. The number of nitriles is 1. The highest BCUT2D eigenvalue weighted by molar-refractivity contribution is 5.79. The van der Waals surface area contributed by atoms with Crippen molar-refractivity contribution in [2.24, 2.45) is 0 Å². The lowest BCUT2D eigenvalue weighted by atomic mass is 10.0. The maximum Gasteiger partial charge on any atom is 0.142 e. The standard InChI is InChI=1S/C20H18N4O2/c21-12-15-4-1-5-20(23-15)24-10-8-19(18(25)13-24)26-16-7-6-14-3-2-9-22-17(14)11-16/h1-7,9,11,18-19,25H,8,10,13H2/t18-,19-/m1/s1. The number of anilines is 1. The van der Waals surface area contributed by atoms with Crippen LogP contribution < -0.4 is 9.64 Å². The van der Waals surface area contributed by atoms with Crippen molar-refractivity contribution in [2.45, 2.75) is 18.6 Å². The summed E-state index contributed by atoms with van der Waals surface area (Å²) in [6.07, 6.45) is 1.49. The van der Waals surface area contributed by atoms with Crippen molar-refractivity contribution in [2.75, 3.05) is 18.0 Å².